The lowest BCUT2D eigenvalue weighted by atomic mass is 9.79. The SMILES string of the molecule is CCc1c2c(nc3ccc(O)cc13)-c1cc3c(c(=O)n1C2)COC(=O)C3OC(=O)OCc1ccc(NC(=O)C(CCCCN)CC(=O)COCC(=O)CCCOCCOCCOCCOCCOCCOCCOCCOCCn2cc(CCC(=O)C3CCC(CN4C(=O)CC(C)C4=O)CC3)nn2)cc1. The minimum atomic E-state index is -1.58. The van der Waals surface area contributed by atoms with Crippen LogP contribution < -0.4 is 16.6 Å². The minimum Gasteiger partial charge on any atom is -0.508 e. The van der Waals surface area contributed by atoms with Gasteiger partial charge >= 0.3 is 12.1 Å². The zero-order valence-corrected chi connectivity index (χ0v) is 60.2. The number of benzene rings is 2. The number of phenols is 1. The Balaban J connectivity index is 0.517. The van der Waals surface area contributed by atoms with Crippen molar-refractivity contribution in [2.24, 2.45) is 29.4 Å². The second-order valence-corrected chi connectivity index (χ2v) is 26.5. The van der Waals surface area contributed by atoms with E-state index in [4.69, 9.17) is 67.6 Å². The first-order chi connectivity index (χ1) is 51.1. The van der Waals surface area contributed by atoms with Gasteiger partial charge in [0.15, 0.2) is 11.6 Å². The quantitative estimate of drug-likeness (QED) is 0.0215. The molecule has 2 aromatic carbocycles. The van der Waals surface area contributed by atoms with Crippen molar-refractivity contribution in [3.05, 3.63) is 98.6 Å². The van der Waals surface area contributed by atoms with Crippen LogP contribution in [-0.4, -0.2) is 214 Å². The molecule has 6 heterocycles. The number of carbonyl (C=O) groups excluding carboxylic acids is 8. The molecule has 4 aliphatic rings. The number of ether oxygens (including phenoxy) is 12. The number of hydrogen-bond acceptors (Lipinski definition) is 26. The molecule has 1 saturated carbocycles. The van der Waals surface area contributed by atoms with Crippen molar-refractivity contribution in [2.45, 2.75) is 136 Å². The Morgan fingerprint density at radius 2 is 1.36 bits per heavy atom. The standard InChI is InChI=1S/C75H100N8O22/c1-3-60-61-41-57(84)18-19-65(61)78-69-63(60)45-82-66(69)42-62-64(73(82)91)49-103-74(92)70(62)105-75(93)104-46-52-11-15-55(16-12-52)77-71(89)54(7-4-5-21-76)40-59(86)48-102-47-58(85)8-6-23-94-25-27-96-29-31-98-33-35-100-37-38-101-36-34-99-32-30-97-28-26-95-24-22-81-44-56(79-80-81)17-20-67(87)53-13-9-51(10-14-53)43-83-68(88)39-50(2)72(83)90/h11-12,15-16,18-19,41-42,44,50-51,53-54,70,84H,3-10,13-14,17,20-40,43,45-49,76H2,1-2H3,(H,77,89). The van der Waals surface area contributed by atoms with E-state index in [1.54, 1.807) is 58.6 Å². The van der Waals surface area contributed by atoms with Gasteiger partial charge in [-0.25, -0.2) is 19.3 Å². The average molecular weight is 1470 g/mol. The molecule has 1 saturated heterocycles. The zero-order chi connectivity index (χ0) is 74.3. The number of imide groups is 1. The molecule has 9 rings (SSSR count). The summed E-state index contributed by atoms with van der Waals surface area (Å²) in [6.07, 6.45) is 6.43. The van der Waals surface area contributed by atoms with Crippen LogP contribution in [0.5, 0.6) is 5.75 Å². The number of fused-ring (bicyclic) bond motifs is 5. The first kappa shape index (κ1) is 80.8. The maximum Gasteiger partial charge on any atom is 0.509 e. The molecule has 30 nitrogen and oxygen atoms in total. The normalized spacial score (nSPS) is 17.2. The fourth-order valence-corrected chi connectivity index (χ4v) is 13.1. The van der Waals surface area contributed by atoms with Crippen molar-refractivity contribution in [1.82, 2.24) is 29.4 Å². The van der Waals surface area contributed by atoms with E-state index in [9.17, 15) is 48.3 Å². The highest BCUT2D eigenvalue weighted by Gasteiger charge is 2.40. The van der Waals surface area contributed by atoms with Crippen molar-refractivity contribution < 1.29 is 100 Å². The van der Waals surface area contributed by atoms with Gasteiger partial charge in [0.25, 0.3) is 5.56 Å². The van der Waals surface area contributed by atoms with Gasteiger partial charge in [-0.15, -0.1) is 5.10 Å². The second-order valence-electron chi connectivity index (χ2n) is 26.5. The van der Waals surface area contributed by atoms with E-state index < -0.39 is 29.7 Å². The molecule has 0 radical (unpaired) electrons. The monoisotopic (exact) mass is 1460 g/mol. The highest BCUT2D eigenvalue weighted by Crippen LogP contribution is 2.40. The molecule has 0 spiro atoms. The predicted octanol–water partition coefficient (Wildman–Crippen LogP) is 6.28. The van der Waals surface area contributed by atoms with Crippen LogP contribution in [0, 0.1) is 23.7 Å². The molecule has 3 unspecified atom stereocenters. The van der Waals surface area contributed by atoms with Gasteiger partial charge < -0.3 is 77.6 Å². The van der Waals surface area contributed by atoms with Gasteiger partial charge in [0.2, 0.25) is 23.8 Å². The zero-order valence-electron chi connectivity index (χ0n) is 60.2. The van der Waals surface area contributed by atoms with E-state index in [1.807, 2.05) is 13.1 Å². The first-order valence-corrected chi connectivity index (χ1v) is 36.6. The minimum absolute atomic E-state index is 0.0138. The molecule has 4 N–H and O–H groups in total. The Bertz CT molecular complexity index is 3760. The maximum absolute atomic E-state index is 13.9. The summed E-state index contributed by atoms with van der Waals surface area (Å²) in [6, 6.07) is 13.0. The number of nitrogens with zero attached hydrogens (tertiary/aromatic N) is 6. The number of hydrogen-bond donors (Lipinski definition) is 3. The number of esters is 1. The Morgan fingerprint density at radius 3 is 1.99 bits per heavy atom. The molecule has 3 aromatic heterocycles. The molecule has 5 aromatic rings. The van der Waals surface area contributed by atoms with Crippen LogP contribution in [0.3, 0.4) is 0 Å². The van der Waals surface area contributed by atoms with E-state index in [-0.39, 0.29) is 116 Å². The van der Waals surface area contributed by atoms with Crippen LogP contribution in [0.15, 0.2) is 59.5 Å². The van der Waals surface area contributed by atoms with Gasteiger partial charge in [-0.3, -0.25) is 38.5 Å². The second kappa shape index (κ2) is 42.7. The number of nitrogens with one attached hydrogen (secondary N) is 1. The number of aryl methyl sites for hydroxylation is 2. The Labute approximate surface area is 609 Å². The number of Topliss-reactive ketones (excluding diaryl/α,β-unsaturated/α-hetero) is 3. The highest BCUT2D eigenvalue weighted by molar-refractivity contribution is 6.03. The van der Waals surface area contributed by atoms with E-state index in [1.165, 1.54) is 11.0 Å². The lowest BCUT2D eigenvalue weighted by Gasteiger charge is -2.30. The van der Waals surface area contributed by atoms with E-state index >= 15 is 0 Å². The number of aromatic nitrogens is 5. The lowest BCUT2D eigenvalue weighted by Crippen LogP contribution is -2.36. The van der Waals surface area contributed by atoms with Gasteiger partial charge in [0.1, 0.15) is 38.0 Å². The molecule has 572 valence electrons. The van der Waals surface area contributed by atoms with Gasteiger partial charge in [-0.05, 0) is 111 Å². The van der Waals surface area contributed by atoms with E-state index in [0.717, 1.165) is 47.9 Å². The number of amides is 3. The topological polar surface area (TPSA) is 374 Å². The predicted molar refractivity (Wildman–Crippen MR) is 377 cm³/mol. The third-order valence-corrected chi connectivity index (χ3v) is 18.8. The number of pyridine rings is 2. The van der Waals surface area contributed by atoms with Crippen molar-refractivity contribution in [3.63, 3.8) is 0 Å². The number of aromatic hydroxyl groups is 1. The van der Waals surface area contributed by atoms with Crippen LogP contribution >= 0.6 is 0 Å². The largest absolute Gasteiger partial charge is 0.509 e. The molecule has 30 heteroatoms. The molecule has 3 aliphatic heterocycles. The highest BCUT2D eigenvalue weighted by atomic mass is 16.7. The van der Waals surface area contributed by atoms with E-state index in [0.29, 0.717) is 205 Å². The first-order valence-electron chi connectivity index (χ1n) is 36.6. The fraction of sp³-hybridized carbons (Fsp3) is 0.600. The summed E-state index contributed by atoms with van der Waals surface area (Å²) in [4.78, 5) is 123. The summed E-state index contributed by atoms with van der Waals surface area (Å²) in [6.45, 7) is 10.8. The molecule has 3 atom stereocenters. The number of likely N-dealkylation sites (tertiary alicyclic amines) is 1. The average Bonchev–Trinajstić information content (AvgIpc) is 1.59. The number of carbonyl (C=O) groups is 8. The number of unbranched alkanes of at least 4 members (excludes halogenated alkanes) is 1. The Hall–Kier alpha value is -8.30. The molecular weight excluding hydrogens is 1360 g/mol. The van der Waals surface area contributed by atoms with Crippen molar-refractivity contribution in [2.75, 3.05) is 137 Å². The van der Waals surface area contributed by atoms with Gasteiger partial charge in [0.05, 0.1) is 140 Å². The van der Waals surface area contributed by atoms with E-state index in [2.05, 4.69) is 15.6 Å². The summed E-state index contributed by atoms with van der Waals surface area (Å²) in [7, 11) is 0. The van der Waals surface area contributed by atoms with Crippen molar-refractivity contribution >= 4 is 63.8 Å². The Morgan fingerprint density at radius 1 is 0.724 bits per heavy atom. The third kappa shape index (κ3) is 24.9. The van der Waals surface area contributed by atoms with Crippen LogP contribution in [0.2, 0.25) is 0 Å². The van der Waals surface area contributed by atoms with Gasteiger partial charge in [0, 0.05) is 91.4 Å². The molecule has 2 fully saturated rings. The number of rotatable bonds is 50. The van der Waals surface area contributed by atoms with Crippen LogP contribution in [0.4, 0.5) is 10.5 Å². The number of ketones is 3. The third-order valence-electron chi connectivity index (χ3n) is 18.8. The number of nitrogens with two attached hydrogens (primary N) is 1. The van der Waals surface area contributed by atoms with Crippen molar-refractivity contribution in [1.29, 1.82) is 0 Å². The Kier molecular flexibility index (Phi) is 32.9. The van der Waals surface area contributed by atoms with Crippen LogP contribution in [0.25, 0.3) is 22.3 Å². The summed E-state index contributed by atoms with van der Waals surface area (Å²) in [5.74, 6) is -2.24. The summed E-state index contributed by atoms with van der Waals surface area (Å²) >= 11 is 0. The molecule has 0 bridgehead atoms. The van der Waals surface area contributed by atoms with Crippen molar-refractivity contribution in [3.8, 4) is 17.1 Å². The lowest BCUT2D eigenvalue weighted by molar-refractivity contribution is -0.159. The van der Waals surface area contributed by atoms with Crippen LogP contribution in [0.1, 0.15) is 131 Å². The number of anilines is 1. The van der Waals surface area contributed by atoms with Gasteiger partial charge in [-0.1, -0.05) is 37.6 Å². The van der Waals surface area contributed by atoms with Gasteiger partial charge in [-0.2, -0.15) is 0 Å². The van der Waals surface area contributed by atoms with Crippen LogP contribution in [-0.2, 0) is 130 Å². The molecular formula is C75H100N8O22. The number of cyclic esters (lactones) is 1. The summed E-state index contributed by atoms with van der Waals surface area (Å²) in [5, 5.41) is 22.2. The maximum atomic E-state index is 13.9. The summed E-state index contributed by atoms with van der Waals surface area (Å²) < 4.78 is 69.5. The fourth-order valence-electron chi connectivity index (χ4n) is 13.1. The summed E-state index contributed by atoms with van der Waals surface area (Å²) in [5.41, 5.74) is 10.8. The number of phenolic OH excluding ortho intramolecular Hbond substituents is 1. The molecule has 105 heavy (non-hydrogen) atoms. The molecule has 1 aliphatic carbocycles. The smallest absolute Gasteiger partial charge is 0.508 e. The molecule has 3 amide bonds.